The van der Waals surface area contributed by atoms with Crippen LogP contribution in [0.25, 0.3) is 0 Å². The number of anilines is 1. The predicted octanol–water partition coefficient (Wildman–Crippen LogP) is 6.63. The number of nitrogens with zero attached hydrogens (tertiary/aromatic N) is 1. The zero-order valence-corrected chi connectivity index (χ0v) is 23.0. The average Bonchev–Trinajstić information content (AvgIpc) is 2.93. The maximum Gasteiger partial charge on any atom is 0.316 e. The first-order valence-electron chi connectivity index (χ1n) is 13.3. The van der Waals surface area contributed by atoms with E-state index in [1.54, 1.807) is 12.1 Å². The van der Waals surface area contributed by atoms with Gasteiger partial charge < -0.3 is 19.5 Å². The highest BCUT2D eigenvalue weighted by Gasteiger charge is 2.55. The Balaban J connectivity index is 1.57. The predicted molar refractivity (Wildman–Crippen MR) is 153 cm³/mol. The largest absolute Gasteiger partial charge is 0.508 e. The van der Waals surface area contributed by atoms with Crippen molar-refractivity contribution in [2.24, 2.45) is 5.41 Å². The summed E-state index contributed by atoms with van der Waals surface area (Å²) in [5.74, 6) is 0.903. The molecule has 3 aliphatic carbocycles. The van der Waals surface area contributed by atoms with Crippen LogP contribution in [0, 0.1) is 5.41 Å². The molecule has 4 aromatic rings. The molecule has 198 valence electrons. The molecule has 0 saturated carbocycles. The van der Waals surface area contributed by atoms with Gasteiger partial charge in [0.1, 0.15) is 23.9 Å². The summed E-state index contributed by atoms with van der Waals surface area (Å²) in [6.45, 7) is 5.80. The van der Waals surface area contributed by atoms with Crippen LogP contribution in [0.15, 0.2) is 84.9 Å². The SMILES string of the molecule is CN(C)c1ccc(OCC23c4ccccc4C(c4ccccc42)c2c(OC(=O)C(C)(C)C)ccc(O)c23)cc1. The second kappa shape index (κ2) is 8.91. The molecule has 4 aromatic carbocycles. The van der Waals surface area contributed by atoms with Gasteiger partial charge in [0.15, 0.2) is 0 Å². The van der Waals surface area contributed by atoms with E-state index in [2.05, 4.69) is 24.3 Å². The average molecular weight is 520 g/mol. The Morgan fingerprint density at radius 2 is 1.46 bits per heavy atom. The minimum absolute atomic E-state index is 0.168. The first-order valence-corrected chi connectivity index (χ1v) is 13.3. The Kier molecular flexibility index (Phi) is 5.72. The second-order valence-electron chi connectivity index (χ2n) is 11.7. The molecule has 5 heteroatoms. The van der Waals surface area contributed by atoms with Crippen molar-refractivity contribution in [3.8, 4) is 17.2 Å². The van der Waals surface area contributed by atoms with Crippen LogP contribution in [0.3, 0.4) is 0 Å². The van der Waals surface area contributed by atoms with Crippen LogP contribution in [0.1, 0.15) is 60.1 Å². The molecular weight excluding hydrogens is 486 g/mol. The van der Waals surface area contributed by atoms with E-state index in [0.717, 1.165) is 44.8 Å². The third kappa shape index (κ3) is 3.79. The molecular formula is C34H33NO4. The molecule has 7 rings (SSSR count). The van der Waals surface area contributed by atoms with Gasteiger partial charge in [0.05, 0.1) is 10.8 Å². The van der Waals surface area contributed by atoms with Gasteiger partial charge in [-0.05, 0) is 79.4 Å². The molecule has 0 spiro atoms. The molecule has 2 bridgehead atoms. The van der Waals surface area contributed by atoms with E-state index >= 15 is 0 Å². The van der Waals surface area contributed by atoms with Crippen LogP contribution in [-0.4, -0.2) is 31.8 Å². The fourth-order valence-electron chi connectivity index (χ4n) is 6.09. The Hall–Kier alpha value is -4.25. The minimum atomic E-state index is -0.800. The van der Waals surface area contributed by atoms with Gasteiger partial charge >= 0.3 is 5.97 Å². The zero-order chi connectivity index (χ0) is 27.5. The molecule has 0 atom stereocenters. The van der Waals surface area contributed by atoms with E-state index in [0.29, 0.717) is 5.75 Å². The molecule has 0 unspecified atom stereocenters. The molecule has 0 saturated heterocycles. The number of phenols is 1. The normalized spacial score (nSPS) is 18.5. The molecule has 0 fully saturated rings. The number of esters is 1. The molecule has 0 aliphatic heterocycles. The third-order valence-corrected chi connectivity index (χ3v) is 7.99. The highest BCUT2D eigenvalue weighted by molar-refractivity contribution is 5.81. The zero-order valence-electron chi connectivity index (χ0n) is 23.0. The second-order valence-corrected chi connectivity index (χ2v) is 11.7. The van der Waals surface area contributed by atoms with Crippen molar-refractivity contribution in [1.29, 1.82) is 0 Å². The summed E-state index contributed by atoms with van der Waals surface area (Å²) in [5, 5.41) is 11.5. The number of rotatable bonds is 5. The van der Waals surface area contributed by atoms with Crippen LogP contribution in [0.4, 0.5) is 5.69 Å². The Labute approximate surface area is 229 Å². The van der Waals surface area contributed by atoms with Gasteiger partial charge in [0, 0.05) is 36.8 Å². The number of carbonyl (C=O) groups is 1. The Bertz CT molecular complexity index is 1530. The lowest BCUT2D eigenvalue weighted by molar-refractivity contribution is -0.143. The van der Waals surface area contributed by atoms with E-state index < -0.39 is 10.8 Å². The van der Waals surface area contributed by atoms with Crippen molar-refractivity contribution < 1.29 is 19.4 Å². The first kappa shape index (κ1) is 25.1. The van der Waals surface area contributed by atoms with Gasteiger partial charge in [0.2, 0.25) is 0 Å². The Morgan fingerprint density at radius 3 is 2.03 bits per heavy atom. The van der Waals surface area contributed by atoms with Gasteiger partial charge in [-0.3, -0.25) is 4.79 Å². The van der Waals surface area contributed by atoms with Gasteiger partial charge in [0.25, 0.3) is 0 Å². The quantitative estimate of drug-likeness (QED) is 0.237. The van der Waals surface area contributed by atoms with Crippen molar-refractivity contribution in [1.82, 2.24) is 0 Å². The van der Waals surface area contributed by atoms with Gasteiger partial charge in [-0.15, -0.1) is 0 Å². The third-order valence-electron chi connectivity index (χ3n) is 7.99. The lowest BCUT2D eigenvalue weighted by Crippen LogP contribution is -2.46. The van der Waals surface area contributed by atoms with Crippen molar-refractivity contribution in [3.05, 3.63) is 118 Å². The van der Waals surface area contributed by atoms with Crippen molar-refractivity contribution in [3.63, 3.8) is 0 Å². The molecule has 3 aliphatic rings. The monoisotopic (exact) mass is 519 g/mol. The summed E-state index contributed by atoms with van der Waals surface area (Å²) in [6.07, 6.45) is 0. The van der Waals surface area contributed by atoms with Crippen LogP contribution >= 0.6 is 0 Å². The molecule has 5 nitrogen and oxygen atoms in total. The summed E-state index contributed by atoms with van der Waals surface area (Å²) < 4.78 is 12.6. The van der Waals surface area contributed by atoms with Crippen molar-refractivity contribution in [2.45, 2.75) is 32.1 Å². The number of carbonyl (C=O) groups excluding carboxylic acids is 1. The van der Waals surface area contributed by atoms with E-state index in [1.165, 1.54) is 0 Å². The summed E-state index contributed by atoms with van der Waals surface area (Å²) in [4.78, 5) is 15.1. The molecule has 0 radical (unpaired) electrons. The Morgan fingerprint density at radius 1 is 0.872 bits per heavy atom. The summed E-state index contributed by atoms with van der Waals surface area (Å²) in [5.41, 5.74) is 5.65. The van der Waals surface area contributed by atoms with E-state index in [4.69, 9.17) is 9.47 Å². The van der Waals surface area contributed by atoms with Crippen molar-refractivity contribution >= 4 is 11.7 Å². The molecule has 0 amide bonds. The fraction of sp³-hybridized carbons (Fsp3) is 0.265. The summed E-state index contributed by atoms with van der Waals surface area (Å²) >= 11 is 0. The molecule has 0 aromatic heterocycles. The summed E-state index contributed by atoms with van der Waals surface area (Å²) in [6, 6.07) is 28.1. The fourth-order valence-corrected chi connectivity index (χ4v) is 6.09. The number of benzene rings is 4. The van der Waals surface area contributed by atoms with Crippen molar-refractivity contribution in [2.75, 3.05) is 25.6 Å². The highest BCUT2D eigenvalue weighted by atomic mass is 16.5. The van der Waals surface area contributed by atoms with Gasteiger partial charge in [-0.2, -0.15) is 0 Å². The van der Waals surface area contributed by atoms with E-state index in [9.17, 15) is 9.90 Å². The first-order chi connectivity index (χ1) is 18.6. The van der Waals surface area contributed by atoms with E-state index in [-0.39, 0.29) is 24.2 Å². The number of ether oxygens (including phenoxy) is 2. The topological polar surface area (TPSA) is 59.0 Å². The van der Waals surface area contributed by atoms with Crippen LogP contribution in [0.2, 0.25) is 0 Å². The standard InChI is InChI=1S/C34H33NO4/c1-33(2,3)32(37)39-28-19-18-27(36)31-30(28)29-23-10-6-8-12-25(23)34(31,26-13-9-7-11-24(26)29)20-38-22-16-14-21(15-17-22)35(4)5/h6-19,29,36H,20H2,1-5H3. The van der Waals surface area contributed by atoms with Crippen LogP contribution in [0.5, 0.6) is 17.2 Å². The molecule has 1 N–H and O–H groups in total. The highest BCUT2D eigenvalue weighted by Crippen LogP contribution is 2.63. The number of hydrogen-bond donors (Lipinski definition) is 1. The van der Waals surface area contributed by atoms with Gasteiger partial charge in [-0.25, -0.2) is 0 Å². The van der Waals surface area contributed by atoms with E-state index in [1.807, 2.05) is 88.3 Å². The lowest BCUT2D eigenvalue weighted by atomic mass is 9.53. The van der Waals surface area contributed by atoms with Gasteiger partial charge in [-0.1, -0.05) is 48.5 Å². The lowest BCUT2D eigenvalue weighted by Gasteiger charge is -2.50. The number of hydrogen-bond acceptors (Lipinski definition) is 5. The minimum Gasteiger partial charge on any atom is -0.508 e. The number of aromatic hydroxyl groups is 1. The number of phenolic OH excluding ortho intramolecular Hbond substituents is 1. The molecule has 39 heavy (non-hydrogen) atoms. The molecule has 0 heterocycles. The van der Waals surface area contributed by atoms with Crippen LogP contribution in [-0.2, 0) is 10.2 Å². The van der Waals surface area contributed by atoms with Crippen LogP contribution < -0.4 is 14.4 Å². The maximum atomic E-state index is 13.1. The smallest absolute Gasteiger partial charge is 0.316 e. The summed E-state index contributed by atoms with van der Waals surface area (Å²) in [7, 11) is 4.01. The maximum absolute atomic E-state index is 13.1.